The molecule has 1 atom stereocenters. The van der Waals surface area contributed by atoms with E-state index in [9.17, 15) is 0 Å². The number of benzene rings is 2. The Morgan fingerprint density at radius 3 is 2.52 bits per heavy atom. The number of fused-ring (bicyclic) bond motifs is 1. The van der Waals surface area contributed by atoms with E-state index in [2.05, 4.69) is 64.0 Å². The van der Waals surface area contributed by atoms with Crippen LogP contribution >= 0.6 is 27.7 Å². The summed E-state index contributed by atoms with van der Waals surface area (Å²) in [6.45, 7) is 0. The van der Waals surface area contributed by atoms with Crippen molar-refractivity contribution >= 4 is 27.7 Å². The zero-order valence-corrected chi connectivity index (χ0v) is 13.4. The van der Waals surface area contributed by atoms with E-state index in [4.69, 9.17) is 4.98 Å². The Morgan fingerprint density at radius 1 is 1.05 bits per heavy atom. The smallest absolute Gasteiger partial charge is 0.189 e. The molecule has 5 heteroatoms. The van der Waals surface area contributed by atoms with Gasteiger partial charge in [0, 0.05) is 10.0 Å². The Morgan fingerprint density at radius 2 is 1.81 bits per heavy atom. The summed E-state index contributed by atoms with van der Waals surface area (Å²) in [5, 5.41) is 1.23. The maximum absolute atomic E-state index is 4.71. The molecule has 1 aliphatic rings. The predicted octanol–water partition coefficient (Wildman–Crippen LogP) is 4.66. The number of rotatable bonds is 2. The van der Waals surface area contributed by atoms with E-state index in [1.165, 1.54) is 5.56 Å². The third-order valence-electron chi connectivity index (χ3n) is 3.40. The molecule has 1 N–H and O–H groups in total. The molecule has 0 amide bonds. The van der Waals surface area contributed by atoms with Crippen LogP contribution in [-0.4, -0.2) is 9.66 Å². The fraction of sp³-hybridized carbons (Fsp3) is 0.0625. The van der Waals surface area contributed by atoms with Crippen molar-refractivity contribution in [2.24, 2.45) is 0 Å². The molecule has 0 saturated carbocycles. The number of thioether (sulfide) groups is 1. The summed E-state index contributed by atoms with van der Waals surface area (Å²) in [5.74, 6) is 0. The zero-order chi connectivity index (χ0) is 14.2. The third kappa shape index (κ3) is 2.47. The van der Waals surface area contributed by atoms with Gasteiger partial charge >= 0.3 is 0 Å². The first-order valence-electron chi connectivity index (χ1n) is 6.63. The highest BCUT2D eigenvalue weighted by atomic mass is 79.9. The summed E-state index contributed by atoms with van der Waals surface area (Å²) in [7, 11) is 0. The molecule has 1 aliphatic heterocycles. The lowest BCUT2D eigenvalue weighted by Crippen LogP contribution is -2.10. The Hall–Kier alpha value is -1.72. The van der Waals surface area contributed by atoms with Crippen LogP contribution in [0, 0.1) is 0 Å². The van der Waals surface area contributed by atoms with E-state index in [1.807, 2.05) is 22.9 Å². The standard InChI is InChI=1S/C16H12BrN3S/c17-13-8-6-11(7-9-13)14-10-20-16(18-14)21-15(19-20)12-4-2-1-3-5-12/h1-10,15,19H. The minimum atomic E-state index is 0.229. The molecule has 0 spiro atoms. The second kappa shape index (κ2) is 5.24. The van der Waals surface area contributed by atoms with E-state index >= 15 is 0 Å². The monoisotopic (exact) mass is 357 g/mol. The number of hydrogen-bond donors (Lipinski definition) is 1. The van der Waals surface area contributed by atoms with Gasteiger partial charge in [0.15, 0.2) is 5.16 Å². The Bertz CT molecular complexity index is 744. The summed E-state index contributed by atoms with van der Waals surface area (Å²) in [5.41, 5.74) is 6.84. The van der Waals surface area contributed by atoms with Gasteiger partial charge in [0.05, 0.1) is 11.9 Å². The van der Waals surface area contributed by atoms with Crippen LogP contribution in [0.25, 0.3) is 11.3 Å². The van der Waals surface area contributed by atoms with E-state index < -0.39 is 0 Å². The van der Waals surface area contributed by atoms with Crippen molar-refractivity contribution in [1.82, 2.24) is 9.66 Å². The molecule has 2 heterocycles. The zero-order valence-electron chi connectivity index (χ0n) is 11.0. The molecule has 21 heavy (non-hydrogen) atoms. The van der Waals surface area contributed by atoms with Gasteiger partial charge in [0.2, 0.25) is 0 Å². The van der Waals surface area contributed by atoms with Crippen LogP contribution < -0.4 is 5.43 Å². The van der Waals surface area contributed by atoms with Gasteiger partial charge in [-0.1, -0.05) is 70.2 Å². The molecule has 1 unspecified atom stereocenters. The lowest BCUT2D eigenvalue weighted by molar-refractivity contribution is 0.787. The van der Waals surface area contributed by atoms with Crippen molar-refractivity contribution < 1.29 is 0 Å². The molecule has 0 bridgehead atoms. The van der Waals surface area contributed by atoms with Gasteiger partial charge in [0.1, 0.15) is 5.37 Å². The summed E-state index contributed by atoms with van der Waals surface area (Å²) < 4.78 is 3.09. The summed E-state index contributed by atoms with van der Waals surface area (Å²) >= 11 is 5.19. The van der Waals surface area contributed by atoms with Gasteiger partial charge in [-0.25, -0.2) is 9.66 Å². The first kappa shape index (κ1) is 13.0. The Kier molecular flexibility index (Phi) is 3.24. The van der Waals surface area contributed by atoms with Crippen LogP contribution in [-0.2, 0) is 0 Å². The molecule has 3 nitrogen and oxygen atoms in total. The van der Waals surface area contributed by atoms with Crippen molar-refractivity contribution in [2.75, 3.05) is 5.43 Å². The number of nitrogens with one attached hydrogen (secondary N) is 1. The molecule has 0 radical (unpaired) electrons. The fourth-order valence-corrected chi connectivity index (χ4v) is 3.63. The van der Waals surface area contributed by atoms with Gasteiger partial charge in [-0.2, -0.15) is 0 Å². The highest BCUT2D eigenvalue weighted by molar-refractivity contribution is 9.10. The van der Waals surface area contributed by atoms with Crippen LogP contribution in [0.2, 0.25) is 0 Å². The fourth-order valence-electron chi connectivity index (χ4n) is 2.33. The van der Waals surface area contributed by atoms with Crippen molar-refractivity contribution in [3.63, 3.8) is 0 Å². The highest BCUT2D eigenvalue weighted by Gasteiger charge is 2.25. The summed E-state index contributed by atoms with van der Waals surface area (Å²) in [6, 6.07) is 18.6. The average Bonchev–Trinajstić information content (AvgIpc) is 3.07. The quantitative estimate of drug-likeness (QED) is 0.723. The van der Waals surface area contributed by atoms with Crippen molar-refractivity contribution in [1.29, 1.82) is 0 Å². The number of aromatic nitrogens is 2. The topological polar surface area (TPSA) is 29.9 Å². The molecule has 2 aromatic carbocycles. The van der Waals surface area contributed by atoms with E-state index in [1.54, 1.807) is 11.8 Å². The third-order valence-corrected chi connectivity index (χ3v) is 5.04. The molecule has 1 aromatic heterocycles. The Labute approximate surface area is 135 Å². The summed E-state index contributed by atoms with van der Waals surface area (Å²) in [4.78, 5) is 4.71. The molecule has 0 aliphatic carbocycles. The highest BCUT2D eigenvalue weighted by Crippen LogP contribution is 2.39. The number of halogens is 1. The van der Waals surface area contributed by atoms with Gasteiger partial charge in [-0.15, -0.1) is 0 Å². The van der Waals surface area contributed by atoms with Crippen LogP contribution in [0.15, 0.2) is 70.4 Å². The normalized spacial score (nSPS) is 16.5. The molecular formula is C16H12BrN3S. The van der Waals surface area contributed by atoms with E-state index in [0.717, 1.165) is 20.9 Å². The summed E-state index contributed by atoms with van der Waals surface area (Å²) in [6.07, 6.45) is 2.05. The van der Waals surface area contributed by atoms with Crippen LogP contribution in [0.3, 0.4) is 0 Å². The van der Waals surface area contributed by atoms with E-state index in [0.29, 0.717) is 0 Å². The lowest BCUT2D eigenvalue weighted by atomic mass is 10.2. The van der Waals surface area contributed by atoms with Crippen molar-refractivity contribution in [3.05, 3.63) is 70.8 Å². The minimum Gasteiger partial charge on any atom is -0.306 e. The van der Waals surface area contributed by atoms with Gasteiger partial charge in [0.25, 0.3) is 0 Å². The second-order valence-electron chi connectivity index (χ2n) is 4.82. The van der Waals surface area contributed by atoms with Crippen LogP contribution in [0.1, 0.15) is 10.9 Å². The maximum Gasteiger partial charge on any atom is 0.189 e. The molecule has 104 valence electrons. The average molecular weight is 358 g/mol. The Balaban J connectivity index is 1.59. The molecule has 4 rings (SSSR count). The maximum atomic E-state index is 4.71. The van der Waals surface area contributed by atoms with Gasteiger partial charge in [-0.05, 0) is 17.7 Å². The van der Waals surface area contributed by atoms with Gasteiger partial charge < -0.3 is 5.43 Å². The van der Waals surface area contributed by atoms with Crippen LogP contribution in [0.5, 0.6) is 0 Å². The first-order valence-corrected chi connectivity index (χ1v) is 8.30. The van der Waals surface area contributed by atoms with Crippen LogP contribution in [0.4, 0.5) is 0 Å². The second-order valence-corrected chi connectivity index (χ2v) is 6.81. The van der Waals surface area contributed by atoms with Crippen molar-refractivity contribution in [3.8, 4) is 11.3 Å². The largest absolute Gasteiger partial charge is 0.306 e. The number of hydrogen-bond acceptors (Lipinski definition) is 3. The molecule has 0 fully saturated rings. The molecule has 3 aromatic rings. The first-order chi connectivity index (χ1) is 10.3. The predicted molar refractivity (Wildman–Crippen MR) is 89.8 cm³/mol. The SMILES string of the molecule is Brc1ccc(-c2cn3c(n2)SC(c2ccccc2)N3)cc1. The lowest BCUT2D eigenvalue weighted by Gasteiger charge is -2.10. The molecule has 0 saturated heterocycles. The number of imidazole rings is 1. The van der Waals surface area contributed by atoms with E-state index in [-0.39, 0.29) is 5.37 Å². The minimum absolute atomic E-state index is 0.229. The van der Waals surface area contributed by atoms with Crippen molar-refractivity contribution in [2.45, 2.75) is 10.5 Å². The van der Waals surface area contributed by atoms with Gasteiger partial charge in [-0.3, -0.25) is 0 Å². The number of nitrogens with zero attached hydrogens (tertiary/aromatic N) is 2. The molecular weight excluding hydrogens is 346 g/mol.